The van der Waals surface area contributed by atoms with Crippen LogP contribution in [-0.2, 0) is 6.54 Å². The first-order chi connectivity index (χ1) is 7.25. The number of aliphatic hydroxyl groups is 1. The van der Waals surface area contributed by atoms with E-state index < -0.39 is 6.10 Å². The van der Waals surface area contributed by atoms with E-state index in [1.54, 1.807) is 29.4 Å². The molecule has 3 N–H and O–H groups in total. The lowest BCUT2D eigenvalue weighted by Crippen LogP contribution is -2.07. The minimum atomic E-state index is -0.568. The van der Waals surface area contributed by atoms with Crippen molar-refractivity contribution in [3.63, 3.8) is 0 Å². The Kier molecular flexibility index (Phi) is 2.64. The number of rotatable bonds is 3. The highest BCUT2D eigenvalue weighted by atomic mass is 16.3. The molecule has 0 bridgehead atoms. The van der Waals surface area contributed by atoms with E-state index in [0.717, 1.165) is 5.56 Å². The van der Waals surface area contributed by atoms with Crippen LogP contribution in [-0.4, -0.2) is 19.9 Å². The lowest BCUT2D eigenvalue weighted by Gasteiger charge is -2.11. The Labute approximate surface area is 87.2 Å². The van der Waals surface area contributed by atoms with E-state index in [1.165, 1.54) is 0 Å². The van der Waals surface area contributed by atoms with Crippen molar-refractivity contribution in [3.05, 3.63) is 42.5 Å². The van der Waals surface area contributed by atoms with Crippen LogP contribution < -0.4 is 5.73 Å². The molecule has 2 rings (SSSR count). The molecule has 1 aromatic heterocycles. The Morgan fingerprint density at radius 2 is 1.80 bits per heavy atom. The first-order valence-corrected chi connectivity index (χ1v) is 4.61. The number of nitrogens with zero attached hydrogens (tertiary/aromatic N) is 3. The summed E-state index contributed by atoms with van der Waals surface area (Å²) in [6, 6.07) is 7.16. The smallest absolute Gasteiger partial charge is 0.119 e. The predicted octanol–water partition coefficient (Wildman–Crippen LogP) is 0.594. The lowest BCUT2D eigenvalue weighted by molar-refractivity contribution is 0.156. The Morgan fingerprint density at radius 3 is 2.40 bits per heavy atom. The van der Waals surface area contributed by atoms with Gasteiger partial charge in [-0.2, -0.15) is 0 Å². The van der Waals surface area contributed by atoms with Gasteiger partial charge in [0, 0.05) is 5.69 Å². The molecule has 0 aliphatic carbocycles. The van der Waals surface area contributed by atoms with Gasteiger partial charge in [-0.05, 0) is 17.7 Å². The molecule has 0 saturated heterocycles. The minimum Gasteiger partial charge on any atom is -0.399 e. The Hall–Kier alpha value is -1.88. The Bertz CT molecular complexity index is 409. The molecular formula is C10H12N4O. The summed E-state index contributed by atoms with van der Waals surface area (Å²) in [4.78, 5) is 0. The van der Waals surface area contributed by atoms with Crippen LogP contribution in [0.5, 0.6) is 0 Å². The van der Waals surface area contributed by atoms with Gasteiger partial charge in [-0.25, -0.2) is 0 Å². The number of hydrogen-bond acceptors (Lipinski definition) is 4. The number of nitrogens with two attached hydrogens (primary N) is 1. The van der Waals surface area contributed by atoms with Gasteiger partial charge >= 0.3 is 0 Å². The SMILES string of the molecule is Nc1ccc(C(O)Cn2cnnc2)cc1. The summed E-state index contributed by atoms with van der Waals surface area (Å²) in [5.74, 6) is 0. The molecular weight excluding hydrogens is 192 g/mol. The zero-order valence-electron chi connectivity index (χ0n) is 8.11. The zero-order valence-corrected chi connectivity index (χ0v) is 8.11. The molecule has 1 aromatic carbocycles. The number of aromatic nitrogens is 3. The van der Waals surface area contributed by atoms with Crippen LogP contribution in [0, 0.1) is 0 Å². The third-order valence-electron chi connectivity index (χ3n) is 2.17. The molecule has 0 radical (unpaired) electrons. The van der Waals surface area contributed by atoms with Gasteiger partial charge in [0.15, 0.2) is 0 Å². The van der Waals surface area contributed by atoms with Crippen LogP contribution in [0.4, 0.5) is 5.69 Å². The fraction of sp³-hybridized carbons (Fsp3) is 0.200. The van der Waals surface area contributed by atoms with E-state index in [4.69, 9.17) is 5.73 Å². The maximum absolute atomic E-state index is 9.87. The third kappa shape index (κ3) is 2.32. The van der Waals surface area contributed by atoms with Crippen molar-refractivity contribution in [2.75, 3.05) is 5.73 Å². The zero-order chi connectivity index (χ0) is 10.7. The molecule has 1 unspecified atom stereocenters. The Morgan fingerprint density at radius 1 is 1.20 bits per heavy atom. The van der Waals surface area contributed by atoms with Crippen molar-refractivity contribution in [3.8, 4) is 0 Å². The summed E-state index contributed by atoms with van der Waals surface area (Å²) in [5.41, 5.74) is 7.08. The summed E-state index contributed by atoms with van der Waals surface area (Å²) in [5, 5.41) is 17.2. The maximum atomic E-state index is 9.87. The average Bonchev–Trinajstić information content (AvgIpc) is 2.71. The molecule has 0 spiro atoms. The fourth-order valence-corrected chi connectivity index (χ4v) is 1.34. The van der Waals surface area contributed by atoms with E-state index in [1.807, 2.05) is 12.1 Å². The Balaban J connectivity index is 2.08. The summed E-state index contributed by atoms with van der Waals surface area (Å²) in [7, 11) is 0. The van der Waals surface area contributed by atoms with Crippen molar-refractivity contribution in [1.29, 1.82) is 0 Å². The van der Waals surface area contributed by atoms with Crippen LogP contribution >= 0.6 is 0 Å². The normalized spacial score (nSPS) is 12.6. The summed E-state index contributed by atoms with van der Waals surface area (Å²) >= 11 is 0. The molecule has 0 aliphatic heterocycles. The third-order valence-corrected chi connectivity index (χ3v) is 2.17. The molecule has 0 fully saturated rings. The van der Waals surface area contributed by atoms with Crippen LogP contribution in [0.1, 0.15) is 11.7 Å². The van der Waals surface area contributed by atoms with Gasteiger partial charge in [0.05, 0.1) is 12.6 Å². The second-order valence-electron chi connectivity index (χ2n) is 3.34. The molecule has 0 saturated carbocycles. The van der Waals surface area contributed by atoms with Crippen molar-refractivity contribution in [2.45, 2.75) is 12.6 Å². The van der Waals surface area contributed by atoms with Gasteiger partial charge in [0.1, 0.15) is 12.7 Å². The van der Waals surface area contributed by atoms with Crippen molar-refractivity contribution < 1.29 is 5.11 Å². The highest BCUT2D eigenvalue weighted by Crippen LogP contribution is 2.16. The first kappa shape index (κ1) is 9.67. The second-order valence-corrected chi connectivity index (χ2v) is 3.34. The van der Waals surface area contributed by atoms with Gasteiger partial charge in [0.2, 0.25) is 0 Å². The van der Waals surface area contributed by atoms with Crippen LogP contribution in [0.2, 0.25) is 0 Å². The molecule has 2 aromatic rings. The van der Waals surface area contributed by atoms with E-state index >= 15 is 0 Å². The molecule has 5 heteroatoms. The largest absolute Gasteiger partial charge is 0.399 e. The molecule has 15 heavy (non-hydrogen) atoms. The van der Waals surface area contributed by atoms with Gasteiger partial charge in [-0.3, -0.25) is 0 Å². The van der Waals surface area contributed by atoms with Gasteiger partial charge < -0.3 is 15.4 Å². The predicted molar refractivity (Wildman–Crippen MR) is 55.8 cm³/mol. The van der Waals surface area contributed by atoms with Crippen LogP contribution in [0.3, 0.4) is 0 Å². The lowest BCUT2D eigenvalue weighted by atomic mass is 10.1. The van der Waals surface area contributed by atoms with E-state index in [2.05, 4.69) is 10.2 Å². The maximum Gasteiger partial charge on any atom is 0.119 e. The summed E-state index contributed by atoms with van der Waals surface area (Å²) in [6.45, 7) is 0.441. The van der Waals surface area contributed by atoms with Crippen LogP contribution in [0.25, 0.3) is 0 Å². The number of benzene rings is 1. The first-order valence-electron chi connectivity index (χ1n) is 4.61. The summed E-state index contributed by atoms with van der Waals surface area (Å²) < 4.78 is 1.72. The molecule has 1 atom stereocenters. The molecule has 78 valence electrons. The van der Waals surface area contributed by atoms with Gasteiger partial charge in [-0.1, -0.05) is 12.1 Å². The van der Waals surface area contributed by atoms with E-state index in [-0.39, 0.29) is 0 Å². The highest BCUT2D eigenvalue weighted by molar-refractivity contribution is 5.39. The van der Waals surface area contributed by atoms with E-state index in [0.29, 0.717) is 12.2 Å². The van der Waals surface area contributed by atoms with E-state index in [9.17, 15) is 5.11 Å². The van der Waals surface area contributed by atoms with Crippen molar-refractivity contribution >= 4 is 5.69 Å². The topological polar surface area (TPSA) is 77.0 Å². The highest BCUT2D eigenvalue weighted by Gasteiger charge is 2.07. The van der Waals surface area contributed by atoms with Crippen molar-refractivity contribution in [1.82, 2.24) is 14.8 Å². The quantitative estimate of drug-likeness (QED) is 0.717. The second kappa shape index (κ2) is 4.10. The van der Waals surface area contributed by atoms with Crippen LogP contribution in [0.15, 0.2) is 36.9 Å². The molecule has 5 nitrogen and oxygen atoms in total. The number of nitrogen functional groups attached to an aromatic ring is 1. The van der Waals surface area contributed by atoms with Gasteiger partial charge in [-0.15, -0.1) is 10.2 Å². The molecule has 0 amide bonds. The fourth-order valence-electron chi connectivity index (χ4n) is 1.34. The molecule has 0 aliphatic rings. The molecule has 1 heterocycles. The average molecular weight is 204 g/mol. The minimum absolute atomic E-state index is 0.441. The number of anilines is 1. The number of aliphatic hydroxyl groups excluding tert-OH is 1. The summed E-state index contributed by atoms with van der Waals surface area (Å²) in [6.07, 6.45) is 2.57. The monoisotopic (exact) mass is 204 g/mol. The van der Waals surface area contributed by atoms with Gasteiger partial charge in [0.25, 0.3) is 0 Å². The number of hydrogen-bond donors (Lipinski definition) is 2. The standard InChI is InChI=1S/C10H12N4O/c11-9-3-1-8(2-4-9)10(15)5-14-6-12-13-7-14/h1-4,6-7,10,15H,5,11H2. The van der Waals surface area contributed by atoms with Crippen molar-refractivity contribution in [2.24, 2.45) is 0 Å².